The molecule has 0 aliphatic rings. The fraction of sp³-hybridized carbons (Fsp3) is 0.364. The largest absolute Gasteiger partial charge is 0.416 e. The third kappa shape index (κ3) is 1.77. The summed E-state index contributed by atoms with van der Waals surface area (Å²) in [6.45, 7) is 3.35. The second-order valence-electron chi connectivity index (χ2n) is 3.72. The summed E-state index contributed by atoms with van der Waals surface area (Å²) in [7, 11) is 0. The van der Waals surface area contributed by atoms with E-state index < -0.39 is 11.7 Å². The van der Waals surface area contributed by atoms with Gasteiger partial charge >= 0.3 is 6.18 Å². The van der Waals surface area contributed by atoms with E-state index in [0.29, 0.717) is 23.3 Å². The van der Waals surface area contributed by atoms with Crippen molar-refractivity contribution in [3.05, 3.63) is 29.1 Å². The van der Waals surface area contributed by atoms with E-state index in [2.05, 4.69) is 9.97 Å². The van der Waals surface area contributed by atoms with Crippen LogP contribution in [0.15, 0.2) is 12.1 Å². The van der Waals surface area contributed by atoms with Crippen LogP contribution in [-0.4, -0.2) is 9.97 Å². The minimum Gasteiger partial charge on any atom is -0.342 e. The van der Waals surface area contributed by atoms with Crippen LogP contribution in [0.25, 0.3) is 11.0 Å². The summed E-state index contributed by atoms with van der Waals surface area (Å²) in [5, 5.41) is 0. The molecule has 2 aromatic rings. The molecule has 86 valence electrons. The van der Waals surface area contributed by atoms with Crippen molar-refractivity contribution >= 4 is 11.0 Å². The Balaban J connectivity index is 2.66. The van der Waals surface area contributed by atoms with Crippen LogP contribution < -0.4 is 0 Å². The van der Waals surface area contributed by atoms with Crippen molar-refractivity contribution in [1.29, 1.82) is 0 Å². The Morgan fingerprint density at radius 1 is 1.31 bits per heavy atom. The monoisotopic (exact) mass is 228 g/mol. The van der Waals surface area contributed by atoms with Gasteiger partial charge in [-0.3, -0.25) is 0 Å². The molecular weight excluding hydrogens is 217 g/mol. The standard InChI is InChI=1S/C11H11F3N2/c1-3-10-15-8-4-6(2)7(11(12,13)14)5-9(8)16-10/h4-5H,3H2,1-2H3,(H,15,16). The number of alkyl halides is 3. The zero-order valence-electron chi connectivity index (χ0n) is 8.94. The van der Waals surface area contributed by atoms with Gasteiger partial charge in [-0.25, -0.2) is 4.98 Å². The van der Waals surface area contributed by atoms with E-state index in [4.69, 9.17) is 0 Å². The lowest BCUT2D eigenvalue weighted by Crippen LogP contribution is -2.07. The van der Waals surface area contributed by atoms with E-state index in [0.717, 1.165) is 6.07 Å². The van der Waals surface area contributed by atoms with Crippen molar-refractivity contribution in [3.63, 3.8) is 0 Å². The molecule has 0 aliphatic carbocycles. The number of nitrogens with zero attached hydrogens (tertiary/aromatic N) is 1. The zero-order valence-corrected chi connectivity index (χ0v) is 8.94. The van der Waals surface area contributed by atoms with Gasteiger partial charge in [-0.05, 0) is 24.6 Å². The lowest BCUT2D eigenvalue weighted by molar-refractivity contribution is -0.137. The highest BCUT2D eigenvalue weighted by atomic mass is 19.4. The smallest absolute Gasteiger partial charge is 0.342 e. The summed E-state index contributed by atoms with van der Waals surface area (Å²) in [6, 6.07) is 2.59. The van der Waals surface area contributed by atoms with Crippen molar-refractivity contribution in [2.45, 2.75) is 26.4 Å². The Morgan fingerprint density at radius 3 is 2.56 bits per heavy atom. The van der Waals surface area contributed by atoms with Crippen molar-refractivity contribution in [2.24, 2.45) is 0 Å². The van der Waals surface area contributed by atoms with Crippen LogP contribution in [0.3, 0.4) is 0 Å². The molecule has 0 saturated heterocycles. The topological polar surface area (TPSA) is 28.7 Å². The molecule has 5 heteroatoms. The fourth-order valence-corrected chi connectivity index (χ4v) is 1.69. The maximum absolute atomic E-state index is 12.6. The molecule has 16 heavy (non-hydrogen) atoms. The third-order valence-corrected chi connectivity index (χ3v) is 2.52. The molecule has 0 amide bonds. The van der Waals surface area contributed by atoms with Crippen LogP contribution in [0.1, 0.15) is 23.9 Å². The van der Waals surface area contributed by atoms with E-state index in [9.17, 15) is 13.2 Å². The molecule has 0 fully saturated rings. The summed E-state index contributed by atoms with van der Waals surface area (Å²) in [5.74, 6) is 0.703. The molecule has 2 rings (SSSR count). The lowest BCUT2D eigenvalue weighted by atomic mass is 10.1. The number of aryl methyl sites for hydroxylation is 2. The Hall–Kier alpha value is -1.52. The molecule has 0 radical (unpaired) electrons. The first-order valence-electron chi connectivity index (χ1n) is 4.98. The molecule has 2 nitrogen and oxygen atoms in total. The summed E-state index contributed by atoms with van der Waals surface area (Å²) < 4.78 is 37.9. The Labute approximate surface area is 90.5 Å². The second kappa shape index (κ2) is 3.50. The zero-order chi connectivity index (χ0) is 11.9. The number of aromatic amines is 1. The molecule has 0 saturated carbocycles. The lowest BCUT2D eigenvalue weighted by Gasteiger charge is -2.09. The molecule has 0 bridgehead atoms. The number of halogens is 3. The number of rotatable bonds is 1. The quantitative estimate of drug-likeness (QED) is 0.795. The van der Waals surface area contributed by atoms with E-state index in [1.165, 1.54) is 13.0 Å². The van der Waals surface area contributed by atoms with Crippen molar-refractivity contribution in [1.82, 2.24) is 9.97 Å². The highest BCUT2D eigenvalue weighted by Crippen LogP contribution is 2.33. The Morgan fingerprint density at radius 2 is 2.00 bits per heavy atom. The van der Waals surface area contributed by atoms with Crippen LogP contribution >= 0.6 is 0 Å². The molecular formula is C11H11F3N2. The molecule has 0 aliphatic heterocycles. The first-order valence-corrected chi connectivity index (χ1v) is 4.98. The maximum atomic E-state index is 12.6. The van der Waals surface area contributed by atoms with Gasteiger partial charge < -0.3 is 4.98 Å². The SMILES string of the molecule is CCc1nc2cc(C(F)(F)F)c(C)cc2[nH]1. The molecule has 1 heterocycles. The number of hydrogen-bond donors (Lipinski definition) is 1. The Kier molecular flexibility index (Phi) is 2.40. The van der Waals surface area contributed by atoms with Crippen LogP contribution in [0.4, 0.5) is 13.2 Å². The van der Waals surface area contributed by atoms with Gasteiger partial charge in [0.2, 0.25) is 0 Å². The molecule has 1 aromatic carbocycles. The summed E-state index contributed by atoms with van der Waals surface area (Å²) in [6.07, 6.45) is -3.64. The number of fused-ring (bicyclic) bond motifs is 1. The fourth-order valence-electron chi connectivity index (χ4n) is 1.69. The van der Waals surface area contributed by atoms with E-state index >= 15 is 0 Å². The maximum Gasteiger partial charge on any atom is 0.416 e. The Bertz CT molecular complexity index is 526. The van der Waals surface area contributed by atoms with E-state index in [-0.39, 0.29) is 5.56 Å². The van der Waals surface area contributed by atoms with Crippen LogP contribution in [-0.2, 0) is 12.6 Å². The average molecular weight is 228 g/mol. The average Bonchev–Trinajstić information content (AvgIpc) is 2.56. The van der Waals surface area contributed by atoms with E-state index in [1.807, 2.05) is 6.92 Å². The minimum absolute atomic E-state index is 0.214. The predicted molar refractivity (Wildman–Crippen MR) is 55.2 cm³/mol. The van der Waals surface area contributed by atoms with E-state index in [1.54, 1.807) is 0 Å². The van der Waals surface area contributed by atoms with Gasteiger partial charge in [0.1, 0.15) is 5.82 Å². The van der Waals surface area contributed by atoms with Crippen LogP contribution in [0, 0.1) is 6.92 Å². The molecule has 0 atom stereocenters. The van der Waals surface area contributed by atoms with Crippen LogP contribution in [0.5, 0.6) is 0 Å². The van der Waals surface area contributed by atoms with Gasteiger partial charge in [-0.1, -0.05) is 6.92 Å². The first kappa shape index (κ1) is 11.0. The third-order valence-electron chi connectivity index (χ3n) is 2.52. The summed E-state index contributed by atoms with van der Waals surface area (Å²) >= 11 is 0. The first-order chi connectivity index (χ1) is 7.41. The minimum atomic E-state index is -4.32. The summed E-state index contributed by atoms with van der Waals surface area (Å²) in [4.78, 5) is 7.08. The second-order valence-corrected chi connectivity index (χ2v) is 3.72. The highest BCUT2D eigenvalue weighted by Gasteiger charge is 2.32. The molecule has 1 aromatic heterocycles. The normalized spacial score (nSPS) is 12.3. The van der Waals surface area contributed by atoms with Crippen molar-refractivity contribution in [3.8, 4) is 0 Å². The van der Waals surface area contributed by atoms with Gasteiger partial charge in [0.25, 0.3) is 0 Å². The van der Waals surface area contributed by atoms with Crippen molar-refractivity contribution < 1.29 is 13.2 Å². The number of benzene rings is 1. The molecule has 0 unspecified atom stereocenters. The van der Waals surface area contributed by atoms with Gasteiger partial charge in [0.15, 0.2) is 0 Å². The number of hydrogen-bond acceptors (Lipinski definition) is 1. The summed E-state index contributed by atoms with van der Waals surface area (Å²) in [5.41, 5.74) is 0.623. The van der Waals surface area contributed by atoms with Gasteiger partial charge in [0, 0.05) is 6.42 Å². The van der Waals surface area contributed by atoms with Crippen molar-refractivity contribution in [2.75, 3.05) is 0 Å². The molecule has 1 N–H and O–H groups in total. The predicted octanol–water partition coefficient (Wildman–Crippen LogP) is 3.45. The number of imidazole rings is 1. The number of H-pyrrole nitrogens is 1. The van der Waals surface area contributed by atoms with Crippen LogP contribution in [0.2, 0.25) is 0 Å². The van der Waals surface area contributed by atoms with Gasteiger partial charge in [-0.15, -0.1) is 0 Å². The van der Waals surface area contributed by atoms with Gasteiger partial charge in [-0.2, -0.15) is 13.2 Å². The number of aromatic nitrogens is 2. The molecule has 0 spiro atoms. The number of nitrogens with one attached hydrogen (secondary N) is 1. The van der Waals surface area contributed by atoms with Gasteiger partial charge in [0.05, 0.1) is 16.6 Å². The highest BCUT2D eigenvalue weighted by molar-refractivity contribution is 5.77.